The van der Waals surface area contributed by atoms with Crippen LogP contribution in [0.4, 0.5) is 0 Å². The number of benzene rings is 1. The molecule has 1 aromatic carbocycles. The first-order valence-electron chi connectivity index (χ1n) is 11.5. The van der Waals surface area contributed by atoms with Crippen molar-refractivity contribution in [1.29, 1.82) is 0 Å². The molecule has 0 saturated carbocycles. The summed E-state index contributed by atoms with van der Waals surface area (Å²) in [6.07, 6.45) is 9.15. The Bertz CT molecular complexity index is 771. The number of likely N-dealkylation sites (tertiary alicyclic amines) is 1. The lowest BCUT2D eigenvalue weighted by molar-refractivity contribution is -0.153. The van der Waals surface area contributed by atoms with Gasteiger partial charge in [-0.2, -0.15) is 0 Å². The topological polar surface area (TPSA) is 77.5 Å². The van der Waals surface area contributed by atoms with Crippen molar-refractivity contribution in [1.82, 2.24) is 4.90 Å². The molecule has 2 atom stereocenters. The van der Waals surface area contributed by atoms with Gasteiger partial charge in [0.15, 0.2) is 17.3 Å². The van der Waals surface area contributed by atoms with Crippen LogP contribution in [0.1, 0.15) is 62.8 Å². The molecule has 3 aliphatic rings. The van der Waals surface area contributed by atoms with E-state index in [2.05, 4.69) is 0 Å². The fourth-order valence-electron chi connectivity index (χ4n) is 4.32. The number of unbranched alkanes of at least 4 members (excludes halogenated alkanes) is 1. The number of hydrogen-bond acceptors (Lipinski definition) is 6. The molecule has 4 rings (SSSR count). The van der Waals surface area contributed by atoms with Crippen LogP contribution in [-0.2, 0) is 14.3 Å². The number of amides is 1. The first-order chi connectivity index (χ1) is 15.2. The van der Waals surface area contributed by atoms with Crippen molar-refractivity contribution in [2.75, 3.05) is 33.1 Å². The Morgan fingerprint density at radius 3 is 2.65 bits per heavy atom. The molecule has 0 unspecified atom stereocenters. The molecule has 0 bridgehead atoms. The van der Waals surface area contributed by atoms with E-state index in [0.29, 0.717) is 25.2 Å². The van der Waals surface area contributed by atoms with Gasteiger partial charge in [-0.1, -0.05) is 25.3 Å². The van der Waals surface area contributed by atoms with Crippen LogP contribution in [-0.4, -0.2) is 55.3 Å². The average Bonchev–Trinajstić information content (AvgIpc) is 3.24. The van der Waals surface area contributed by atoms with Crippen LogP contribution in [0.5, 0.6) is 11.5 Å². The Morgan fingerprint density at radius 2 is 1.84 bits per heavy atom. The van der Waals surface area contributed by atoms with Crippen molar-refractivity contribution in [3.63, 3.8) is 0 Å². The molecule has 1 aromatic rings. The highest BCUT2D eigenvalue weighted by atomic mass is 16.7. The van der Waals surface area contributed by atoms with Gasteiger partial charge in [0.1, 0.15) is 0 Å². The minimum absolute atomic E-state index is 0.0141. The number of rotatable bonds is 7. The van der Waals surface area contributed by atoms with Gasteiger partial charge in [-0.3, -0.25) is 4.79 Å². The van der Waals surface area contributed by atoms with E-state index < -0.39 is 6.29 Å². The minimum Gasteiger partial charge on any atom is -0.459 e. The van der Waals surface area contributed by atoms with Gasteiger partial charge in [-0.05, 0) is 49.5 Å². The van der Waals surface area contributed by atoms with E-state index in [-0.39, 0.29) is 25.2 Å². The van der Waals surface area contributed by atoms with Crippen LogP contribution in [0.2, 0.25) is 0 Å². The molecule has 1 saturated heterocycles. The predicted molar refractivity (Wildman–Crippen MR) is 115 cm³/mol. The summed E-state index contributed by atoms with van der Waals surface area (Å²) >= 11 is 0. The third-order valence-electron chi connectivity index (χ3n) is 6.09. The molecule has 3 heterocycles. The summed E-state index contributed by atoms with van der Waals surface area (Å²) < 4.78 is 22.9. The largest absolute Gasteiger partial charge is 0.459 e. The highest BCUT2D eigenvalue weighted by molar-refractivity contribution is 5.91. The molecule has 0 aromatic heterocycles. The van der Waals surface area contributed by atoms with Crippen LogP contribution in [0.15, 0.2) is 30.0 Å². The number of carbonyl (C=O) groups is 1. The van der Waals surface area contributed by atoms with E-state index in [1.165, 1.54) is 19.3 Å². The molecule has 1 N–H and O–H groups in total. The van der Waals surface area contributed by atoms with Gasteiger partial charge in [0.05, 0.1) is 6.61 Å². The fourth-order valence-corrected chi connectivity index (χ4v) is 4.32. The van der Waals surface area contributed by atoms with Gasteiger partial charge in [-0.15, -0.1) is 0 Å². The zero-order valence-electron chi connectivity index (χ0n) is 18.1. The zero-order valence-corrected chi connectivity index (χ0v) is 18.1. The molecule has 0 radical (unpaired) electrons. The summed E-state index contributed by atoms with van der Waals surface area (Å²) in [4.78, 5) is 15.2. The summed E-state index contributed by atoms with van der Waals surface area (Å²) in [6.45, 7) is 2.42. The van der Waals surface area contributed by atoms with E-state index >= 15 is 0 Å². The second kappa shape index (κ2) is 10.9. The van der Waals surface area contributed by atoms with Crippen LogP contribution in [0, 0.1) is 0 Å². The van der Waals surface area contributed by atoms with Crippen LogP contribution < -0.4 is 9.47 Å². The molecule has 0 spiro atoms. The minimum atomic E-state index is -0.493. The van der Waals surface area contributed by atoms with Crippen LogP contribution >= 0.6 is 0 Å². The SMILES string of the molecule is O=C(C1=C[C@H](c2ccc3c(c2)OCO3)C[C@H](OCCCCO)O1)N1CCCCCCC1. The van der Waals surface area contributed by atoms with Crippen molar-refractivity contribution in [2.24, 2.45) is 0 Å². The van der Waals surface area contributed by atoms with Gasteiger partial charge >= 0.3 is 0 Å². The summed E-state index contributed by atoms with van der Waals surface area (Å²) in [5.74, 6) is 1.79. The summed E-state index contributed by atoms with van der Waals surface area (Å²) in [6, 6.07) is 5.91. The molecule has 0 aliphatic carbocycles. The maximum Gasteiger partial charge on any atom is 0.288 e. The number of carbonyl (C=O) groups excluding carboxylic acids is 1. The number of nitrogens with zero attached hydrogens (tertiary/aromatic N) is 1. The Balaban J connectivity index is 1.51. The molecule has 7 nitrogen and oxygen atoms in total. The first kappa shape index (κ1) is 22.0. The van der Waals surface area contributed by atoms with Gasteiger partial charge < -0.3 is 29.0 Å². The van der Waals surface area contributed by atoms with Crippen molar-refractivity contribution in [3.8, 4) is 11.5 Å². The number of hydrogen-bond donors (Lipinski definition) is 1. The summed E-state index contributed by atoms with van der Waals surface area (Å²) in [5, 5.41) is 9.00. The summed E-state index contributed by atoms with van der Waals surface area (Å²) in [7, 11) is 0. The summed E-state index contributed by atoms with van der Waals surface area (Å²) in [5.41, 5.74) is 1.05. The van der Waals surface area contributed by atoms with Crippen molar-refractivity contribution < 1.29 is 28.8 Å². The maximum absolute atomic E-state index is 13.3. The monoisotopic (exact) mass is 431 g/mol. The van der Waals surface area contributed by atoms with Gasteiger partial charge in [0, 0.05) is 32.0 Å². The third kappa shape index (κ3) is 5.71. The van der Waals surface area contributed by atoms with Crippen molar-refractivity contribution in [3.05, 3.63) is 35.6 Å². The van der Waals surface area contributed by atoms with E-state index in [4.69, 9.17) is 24.1 Å². The van der Waals surface area contributed by atoms with Crippen molar-refractivity contribution >= 4 is 5.91 Å². The van der Waals surface area contributed by atoms with Crippen LogP contribution in [0.3, 0.4) is 0 Å². The van der Waals surface area contributed by atoms with Gasteiger partial charge in [-0.25, -0.2) is 0 Å². The zero-order chi connectivity index (χ0) is 21.5. The molecule has 1 amide bonds. The Labute approximate surface area is 183 Å². The number of fused-ring (bicyclic) bond motifs is 1. The molecule has 7 heteroatoms. The Morgan fingerprint density at radius 1 is 1.06 bits per heavy atom. The molecular formula is C24H33NO6. The average molecular weight is 432 g/mol. The third-order valence-corrected chi connectivity index (χ3v) is 6.09. The smallest absolute Gasteiger partial charge is 0.288 e. The predicted octanol–water partition coefficient (Wildman–Crippen LogP) is 3.71. The van der Waals surface area contributed by atoms with E-state index in [0.717, 1.165) is 49.4 Å². The van der Waals surface area contributed by atoms with Gasteiger partial charge in [0.2, 0.25) is 13.1 Å². The molecule has 170 valence electrons. The number of ether oxygens (including phenoxy) is 4. The first-order valence-corrected chi connectivity index (χ1v) is 11.5. The Hall–Kier alpha value is -2.25. The molecule has 3 aliphatic heterocycles. The maximum atomic E-state index is 13.3. The number of aliphatic hydroxyl groups excluding tert-OH is 1. The highest BCUT2D eigenvalue weighted by Crippen LogP contribution is 2.38. The molecule has 1 fully saturated rings. The van der Waals surface area contributed by atoms with Gasteiger partial charge in [0.25, 0.3) is 5.91 Å². The second-order valence-electron chi connectivity index (χ2n) is 8.39. The van der Waals surface area contributed by atoms with E-state index in [1.54, 1.807) is 0 Å². The highest BCUT2D eigenvalue weighted by Gasteiger charge is 2.31. The Kier molecular flexibility index (Phi) is 7.70. The number of aliphatic hydroxyl groups is 1. The lowest BCUT2D eigenvalue weighted by atomic mass is 9.92. The lowest BCUT2D eigenvalue weighted by Crippen LogP contribution is -2.38. The standard InChI is InChI=1S/C24H33NO6/c26-12-6-7-13-28-23-16-19(18-8-9-20-21(14-18)30-17-29-20)15-22(31-23)24(27)25-10-4-2-1-3-5-11-25/h8-9,14-15,19,23,26H,1-7,10-13,16-17H2/t19-,23+/m0/s1. The molecular weight excluding hydrogens is 398 g/mol. The molecule has 31 heavy (non-hydrogen) atoms. The van der Waals surface area contributed by atoms with Crippen LogP contribution in [0.25, 0.3) is 0 Å². The van der Waals surface area contributed by atoms with E-state index in [9.17, 15) is 4.79 Å². The van der Waals surface area contributed by atoms with E-state index in [1.807, 2.05) is 29.2 Å². The fraction of sp³-hybridized carbons (Fsp3) is 0.625. The quantitative estimate of drug-likeness (QED) is 0.663. The lowest BCUT2D eigenvalue weighted by Gasteiger charge is -2.32. The number of allylic oxidation sites excluding steroid dienone is 1. The normalized spacial score (nSPS) is 23.5. The van der Waals surface area contributed by atoms with Crippen molar-refractivity contribution in [2.45, 2.75) is 63.6 Å². The second-order valence-corrected chi connectivity index (χ2v) is 8.39.